The number of rotatable bonds is 7. The van der Waals surface area contributed by atoms with E-state index in [2.05, 4.69) is 0 Å². The van der Waals surface area contributed by atoms with Crippen molar-refractivity contribution >= 4 is 17.4 Å². The van der Waals surface area contributed by atoms with E-state index in [4.69, 9.17) is 9.47 Å². The first kappa shape index (κ1) is 22.9. The SMILES string of the molecule is CCOc1cccc([C@H]2C(=C(O)c3ccc4c(c3)C[C@@H](C)O4)C(=O)C(=O)N2CCN(C)C)c1. The molecular formula is C26H30N2O5. The third-order valence-corrected chi connectivity index (χ3v) is 5.98. The van der Waals surface area contributed by atoms with Crippen LogP contribution < -0.4 is 9.47 Å². The highest BCUT2D eigenvalue weighted by Gasteiger charge is 2.46. The van der Waals surface area contributed by atoms with E-state index in [1.165, 1.54) is 4.90 Å². The lowest BCUT2D eigenvalue weighted by molar-refractivity contribution is -0.140. The van der Waals surface area contributed by atoms with Crippen molar-refractivity contribution in [2.24, 2.45) is 0 Å². The number of Topliss-reactive ketones (excluding diaryl/α,β-unsaturated/α-hetero) is 1. The highest BCUT2D eigenvalue weighted by molar-refractivity contribution is 6.46. The van der Waals surface area contributed by atoms with Crippen LogP contribution in [0.25, 0.3) is 5.76 Å². The number of carbonyl (C=O) groups excluding carboxylic acids is 2. The number of hydrogen-bond donors (Lipinski definition) is 1. The van der Waals surface area contributed by atoms with E-state index >= 15 is 0 Å². The fourth-order valence-corrected chi connectivity index (χ4v) is 4.43. The molecular weight excluding hydrogens is 420 g/mol. The maximum atomic E-state index is 13.2. The largest absolute Gasteiger partial charge is 0.507 e. The molecule has 1 saturated heterocycles. The molecule has 2 heterocycles. The van der Waals surface area contributed by atoms with Crippen molar-refractivity contribution in [2.75, 3.05) is 33.8 Å². The predicted octanol–water partition coefficient (Wildman–Crippen LogP) is 3.39. The fourth-order valence-electron chi connectivity index (χ4n) is 4.43. The van der Waals surface area contributed by atoms with Gasteiger partial charge in [0.25, 0.3) is 11.7 Å². The van der Waals surface area contributed by atoms with E-state index in [1.807, 2.05) is 63.2 Å². The molecule has 1 amide bonds. The van der Waals surface area contributed by atoms with Gasteiger partial charge in [-0.1, -0.05) is 12.1 Å². The van der Waals surface area contributed by atoms with Crippen LogP contribution in [-0.4, -0.2) is 66.5 Å². The summed E-state index contributed by atoms with van der Waals surface area (Å²) in [5, 5.41) is 11.3. The van der Waals surface area contributed by atoms with Crippen LogP contribution in [0.1, 0.15) is 36.6 Å². The molecule has 2 aliphatic heterocycles. The lowest BCUT2D eigenvalue weighted by Crippen LogP contribution is -2.35. The molecule has 0 radical (unpaired) electrons. The Balaban J connectivity index is 1.82. The van der Waals surface area contributed by atoms with Crippen molar-refractivity contribution < 1.29 is 24.2 Å². The number of likely N-dealkylation sites (tertiary alicyclic amines) is 1. The van der Waals surface area contributed by atoms with E-state index in [9.17, 15) is 14.7 Å². The Hall–Kier alpha value is -3.32. The lowest BCUT2D eigenvalue weighted by atomic mass is 9.94. The third-order valence-electron chi connectivity index (χ3n) is 5.98. The monoisotopic (exact) mass is 450 g/mol. The van der Waals surface area contributed by atoms with Gasteiger partial charge in [0.15, 0.2) is 0 Å². The Kier molecular flexibility index (Phi) is 6.42. The van der Waals surface area contributed by atoms with Gasteiger partial charge in [0.1, 0.15) is 23.4 Å². The zero-order chi connectivity index (χ0) is 23.7. The lowest BCUT2D eigenvalue weighted by Gasteiger charge is -2.27. The molecule has 0 aromatic heterocycles. The van der Waals surface area contributed by atoms with Crippen molar-refractivity contribution in [1.82, 2.24) is 9.80 Å². The second-order valence-corrected chi connectivity index (χ2v) is 8.76. The van der Waals surface area contributed by atoms with Crippen LogP contribution in [-0.2, 0) is 16.0 Å². The molecule has 7 nitrogen and oxygen atoms in total. The molecule has 7 heteroatoms. The number of ether oxygens (including phenoxy) is 2. The number of carbonyl (C=O) groups is 2. The van der Waals surface area contributed by atoms with Crippen LogP contribution in [0.4, 0.5) is 0 Å². The smallest absolute Gasteiger partial charge is 0.295 e. The first-order chi connectivity index (χ1) is 15.8. The van der Waals surface area contributed by atoms with E-state index in [0.717, 1.165) is 23.3 Å². The number of ketones is 1. The van der Waals surface area contributed by atoms with Gasteiger partial charge in [0.05, 0.1) is 18.2 Å². The molecule has 33 heavy (non-hydrogen) atoms. The van der Waals surface area contributed by atoms with Gasteiger partial charge in [-0.2, -0.15) is 0 Å². The van der Waals surface area contributed by atoms with Gasteiger partial charge in [0, 0.05) is 25.1 Å². The summed E-state index contributed by atoms with van der Waals surface area (Å²) in [5.41, 5.74) is 2.30. The van der Waals surface area contributed by atoms with Gasteiger partial charge < -0.3 is 24.4 Å². The number of hydrogen-bond acceptors (Lipinski definition) is 6. The summed E-state index contributed by atoms with van der Waals surface area (Å²) < 4.78 is 11.4. The molecule has 2 aromatic rings. The molecule has 2 atom stereocenters. The maximum absolute atomic E-state index is 13.2. The number of aliphatic hydroxyl groups excluding tert-OH is 1. The topological polar surface area (TPSA) is 79.3 Å². The van der Waals surface area contributed by atoms with Crippen LogP contribution in [0.2, 0.25) is 0 Å². The predicted molar refractivity (Wildman–Crippen MR) is 125 cm³/mol. The molecule has 0 bridgehead atoms. The average molecular weight is 451 g/mol. The standard InChI is InChI=1S/C26H30N2O5/c1-5-32-20-8-6-7-17(15-20)23-22(25(30)26(31)28(23)12-11-27(3)4)24(29)18-9-10-21-19(14-18)13-16(2)33-21/h6-10,14-16,23,29H,5,11-13H2,1-4H3/t16-,23+/m1/s1. The first-order valence-electron chi connectivity index (χ1n) is 11.3. The number of nitrogens with zero attached hydrogens (tertiary/aromatic N) is 2. The first-order valence-corrected chi connectivity index (χ1v) is 11.3. The number of likely N-dealkylation sites (N-methyl/N-ethyl adjacent to an activating group) is 1. The molecule has 1 N–H and O–H groups in total. The molecule has 0 unspecified atom stereocenters. The van der Waals surface area contributed by atoms with E-state index in [1.54, 1.807) is 12.1 Å². The summed E-state index contributed by atoms with van der Waals surface area (Å²) in [4.78, 5) is 29.7. The van der Waals surface area contributed by atoms with E-state index in [-0.39, 0.29) is 17.4 Å². The number of fused-ring (bicyclic) bond motifs is 1. The summed E-state index contributed by atoms with van der Waals surface area (Å²) in [5.74, 6) is -0.0234. The number of aliphatic hydroxyl groups is 1. The van der Waals surface area contributed by atoms with E-state index < -0.39 is 17.7 Å². The van der Waals surface area contributed by atoms with Crippen LogP contribution in [0.5, 0.6) is 11.5 Å². The highest BCUT2D eigenvalue weighted by Crippen LogP contribution is 2.41. The molecule has 4 rings (SSSR count). The molecule has 2 aliphatic rings. The molecule has 1 fully saturated rings. The Morgan fingerprint density at radius 2 is 2.00 bits per heavy atom. The molecule has 0 spiro atoms. The molecule has 0 saturated carbocycles. The van der Waals surface area contributed by atoms with Gasteiger partial charge in [0.2, 0.25) is 0 Å². The molecule has 2 aromatic carbocycles. The second kappa shape index (κ2) is 9.27. The second-order valence-electron chi connectivity index (χ2n) is 8.76. The molecule has 174 valence electrons. The number of benzene rings is 2. The minimum absolute atomic E-state index is 0.0651. The van der Waals surface area contributed by atoms with Gasteiger partial charge in [-0.3, -0.25) is 9.59 Å². The van der Waals surface area contributed by atoms with Crippen molar-refractivity contribution in [3.05, 3.63) is 64.7 Å². The van der Waals surface area contributed by atoms with Crippen LogP contribution in [0, 0.1) is 0 Å². The zero-order valence-corrected chi connectivity index (χ0v) is 19.5. The van der Waals surface area contributed by atoms with Crippen molar-refractivity contribution in [1.29, 1.82) is 0 Å². The minimum atomic E-state index is -0.700. The highest BCUT2D eigenvalue weighted by atomic mass is 16.5. The summed E-state index contributed by atoms with van der Waals surface area (Å²) in [6.07, 6.45) is 0.795. The number of amides is 1. The third kappa shape index (κ3) is 4.46. The zero-order valence-electron chi connectivity index (χ0n) is 19.5. The van der Waals surface area contributed by atoms with Gasteiger partial charge >= 0.3 is 0 Å². The van der Waals surface area contributed by atoms with Gasteiger partial charge in [-0.15, -0.1) is 0 Å². The average Bonchev–Trinajstić information content (AvgIpc) is 3.28. The summed E-state index contributed by atoms with van der Waals surface area (Å²) in [6.45, 7) is 5.32. The van der Waals surface area contributed by atoms with Gasteiger partial charge in [-0.25, -0.2) is 0 Å². The van der Waals surface area contributed by atoms with Crippen LogP contribution >= 0.6 is 0 Å². The fraction of sp³-hybridized carbons (Fsp3) is 0.385. The Bertz CT molecular complexity index is 1110. The summed E-state index contributed by atoms with van der Waals surface area (Å²) in [7, 11) is 3.82. The normalized spacial score (nSPS) is 21.4. The minimum Gasteiger partial charge on any atom is -0.507 e. The van der Waals surface area contributed by atoms with Crippen LogP contribution in [0.3, 0.4) is 0 Å². The Labute approximate surface area is 194 Å². The van der Waals surface area contributed by atoms with E-state index in [0.29, 0.717) is 31.0 Å². The maximum Gasteiger partial charge on any atom is 0.295 e. The summed E-state index contributed by atoms with van der Waals surface area (Å²) in [6, 6.07) is 12.0. The van der Waals surface area contributed by atoms with Crippen molar-refractivity contribution in [3.8, 4) is 11.5 Å². The Morgan fingerprint density at radius 1 is 1.21 bits per heavy atom. The molecule has 0 aliphatic carbocycles. The Morgan fingerprint density at radius 3 is 2.73 bits per heavy atom. The van der Waals surface area contributed by atoms with Crippen molar-refractivity contribution in [2.45, 2.75) is 32.4 Å². The van der Waals surface area contributed by atoms with Crippen LogP contribution in [0.15, 0.2) is 48.0 Å². The quantitative estimate of drug-likeness (QED) is 0.396. The van der Waals surface area contributed by atoms with Gasteiger partial charge in [-0.05, 0) is 69.4 Å². The van der Waals surface area contributed by atoms with Crippen molar-refractivity contribution in [3.63, 3.8) is 0 Å². The summed E-state index contributed by atoms with van der Waals surface area (Å²) >= 11 is 0.